The van der Waals surface area contributed by atoms with Crippen LogP contribution in [0, 0.1) is 0 Å². The Hall–Kier alpha value is -1.84. The van der Waals surface area contributed by atoms with Gasteiger partial charge in [-0.3, -0.25) is 14.5 Å². The van der Waals surface area contributed by atoms with Gasteiger partial charge >= 0.3 is 0 Å². The van der Waals surface area contributed by atoms with Gasteiger partial charge in [0.15, 0.2) is 0 Å². The van der Waals surface area contributed by atoms with E-state index in [2.05, 4.69) is 0 Å². The van der Waals surface area contributed by atoms with Gasteiger partial charge in [0.25, 0.3) is 0 Å². The van der Waals surface area contributed by atoms with Gasteiger partial charge < -0.3 is 4.74 Å². The van der Waals surface area contributed by atoms with Gasteiger partial charge in [-0.05, 0) is 30.9 Å². The van der Waals surface area contributed by atoms with Crippen LogP contribution in [0.25, 0.3) is 0 Å². The highest BCUT2D eigenvalue weighted by Gasteiger charge is 2.27. The number of carbonyl (C=O) groups is 2. The number of hydrogen-bond donors (Lipinski definition) is 0. The van der Waals surface area contributed by atoms with Crippen LogP contribution < -0.4 is 4.74 Å². The zero-order valence-corrected chi connectivity index (χ0v) is 11.2. The minimum atomic E-state index is -0.0257. The molecule has 19 heavy (non-hydrogen) atoms. The molecule has 4 nitrogen and oxygen atoms in total. The van der Waals surface area contributed by atoms with Crippen molar-refractivity contribution in [1.29, 1.82) is 0 Å². The number of likely N-dealkylation sites (tertiary alicyclic amines) is 1. The molecule has 0 unspecified atom stereocenters. The minimum absolute atomic E-state index is 0.0257. The van der Waals surface area contributed by atoms with Crippen molar-refractivity contribution in [2.75, 3.05) is 13.7 Å². The van der Waals surface area contributed by atoms with E-state index in [1.807, 2.05) is 24.3 Å². The third-order valence-corrected chi connectivity index (χ3v) is 3.43. The summed E-state index contributed by atoms with van der Waals surface area (Å²) in [5, 5.41) is 0. The van der Waals surface area contributed by atoms with Crippen LogP contribution >= 0.6 is 0 Å². The van der Waals surface area contributed by atoms with Gasteiger partial charge in [-0.15, -0.1) is 0 Å². The van der Waals surface area contributed by atoms with Crippen LogP contribution in [-0.4, -0.2) is 30.4 Å². The molecule has 4 heteroatoms. The molecule has 1 fully saturated rings. The summed E-state index contributed by atoms with van der Waals surface area (Å²) in [5.41, 5.74) is 1.17. The maximum absolute atomic E-state index is 11.4. The Bertz CT molecular complexity index is 454. The maximum Gasteiger partial charge on any atom is 0.229 e. The number of aryl methyl sites for hydroxylation is 1. The van der Waals surface area contributed by atoms with Gasteiger partial charge in [-0.2, -0.15) is 0 Å². The van der Waals surface area contributed by atoms with E-state index in [0.717, 1.165) is 25.0 Å². The molecule has 0 atom stereocenters. The molecule has 102 valence electrons. The number of nitrogens with zero attached hydrogens (tertiary/aromatic N) is 1. The standard InChI is InChI=1S/C15H19NO3/c1-19-13-8-3-2-6-12(13)7-4-5-11-16-14(17)9-10-15(16)18/h2-3,6,8H,4-5,7,9-11H2,1H3. The van der Waals surface area contributed by atoms with Crippen LogP contribution in [-0.2, 0) is 16.0 Å². The molecule has 0 aliphatic carbocycles. The molecule has 1 saturated heterocycles. The van der Waals surface area contributed by atoms with Crippen LogP contribution in [0.4, 0.5) is 0 Å². The lowest BCUT2D eigenvalue weighted by Crippen LogP contribution is -2.30. The summed E-state index contributed by atoms with van der Waals surface area (Å²) >= 11 is 0. The first-order valence-corrected chi connectivity index (χ1v) is 6.67. The SMILES string of the molecule is COc1ccccc1CCCCN1C(=O)CCC1=O. The minimum Gasteiger partial charge on any atom is -0.496 e. The Balaban J connectivity index is 1.78. The Labute approximate surface area is 113 Å². The lowest BCUT2D eigenvalue weighted by atomic mass is 10.1. The Morgan fingerprint density at radius 3 is 2.47 bits per heavy atom. The monoisotopic (exact) mass is 261 g/mol. The average molecular weight is 261 g/mol. The highest BCUT2D eigenvalue weighted by Crippen LogP contribution is 2.20. The highest BCUT2D eigenvalue weighted by atomic mass is 16.5. The normalized spacial score (nSPS) is 15.1. The third-order valence-electron chi connectivity index (χ3n) is 3.43. The topological polar surface area (TPSA) is 46.6 Å². The van der Waals surface area contributed by atoms with E-state index in [0.29, 0.717) is 19.4 Å². The number of hydrogen-bond acceptors (Lipinski definition) is 3. The quantitative estimate of drug-likeness (QED) is 0.582. The molecule has 0 radical (unpaired) electrons. The first-order chi connectivity index (χ1) is 9.22. The smallest absolute Gasteiger partial charge is 0.229 e. The summed E-state index contributed by atoms with van der Waals surface area (Å²) < 4.78 is 5.29. The van der Waals surface area contributed by atoms with Crippen molar-refractivity contribution in [3.05, 3.63) is 29.8 Å². The molecular weight excluding hydrogens is 242 g/mol. The lowest BCUT2D eigenvalue weighted by Gasteiger charge is -2.13. The molecule has 0 bridgehead atoms. The van der Waals surface area contributed by atoms with Crippen LogP contribution in [0.3, 0.4) is 0 Å². The Kier molecular flexibility index (Phi) is 4.55. The third kappa shape index (κ3) is 3.34. The number of carbonyl (C=O) groups excluding carboxylic acids is 2. The van der Waals surface area contributed by atoms with Gasteiger partial charge in [0.2, 0.25) is 11.8 Å². The van der Waals surface area contributed by atoms with Crippen molar-refractivity contribution in [2.24, 2.45) is 0 Å². The van der Waals surface area contributed by atoms with E-state index in [9.17, 15) is 9.59 Å². The molecule has 1 aromatic carbocycles. The molecule has 0 saturated carbocycles. The van der Waals surface area contributed by atoms with Crippen molar-refractivity contribution in [3.63, 3.8) is 0 Å². The second-order valence-electron chi connectivity index (χ2n) is 4.71. The molecule has 1 aliphatic rings. The van der Waals surface area contributed by atoms with Crippen LogP contribution in [0.5, 0.6) is 5.75 Å². The number of ether oxygens (including phenoxy) is 1. The molecule has 2 rings (SSSR count). The van der Waals surface area contributed by atoms with E-state index in [1.54, 1.807) is 7.11 Å². The van der Waals surface area contributed by atoms with Crippen molar-refractivity contribution in [1.82, 2.24) is 4.90 Å². The predicted molar refractivity (Wildman–Crippen MR) is 71.9 cm³/mol. The predicted octanol–water partition coefficient (Wildman–Crippen LogP) is 2.17. The number of rotatable bonds is 6. The molecule has 1 heterocycles. The van der Waals surface area contributed by atoms with Crippen LogP contribution in [0.1, 0.15) is 31.2 Å². The van der Waals surface area contributed by atoms with Crippen molar-refractivity contribution in [2.45, 2.75) is 32.1 Å². The molecule has 0 spiro atoms. The largest absolute Gasteiger partial charge is 0.496 e. The molecular formula is C15H19NO3. The first-order valence-electron chi connectivity index (χ1n) is 6.67. The average Bonchev–Trinajstić information content (AvgIpc) is 2.75. The Morgan fingerprint density at radius 1 is 1.11 bits per heavy atom. The number of amides is 2. The summed E-state index contributed by atoms with van der Waals surface area (Å²) in [6, 6.07) is 7.93. The van der Waals surface area contributed by atoms with E-state index >= 15 is 0 Å². The van der Waals surface area contributed by atoms with Gasteiger partial charge in [0.05, 0.1) is 7.11 Å². The fraction of sp³-hybridized carbons (Fsp3) is 0.467. The summed E-state index contributed by atoms with van der Waals surface area (Å²) in [7, 11) is 1.67. The van der Waals surface area contributed by atoms with Crippen LogP contribution in [0.2, 0.25) is 0 Å². The fourth-order valence-corrected chi connectivity index (χ4v) is 2.37. The van der Waals surface area contributed by atoms with E-state index < -0.39 is 0 Å². The molecule has 1 aliphatic heterocycles. The molecule has 1 aromatic rings. The van der Waals surface area contributed by atoms with Gasteiger partial charge in [0.1, 0.15) is 5.75 Å². The number of benzene rings is 1. The van der Waals surface area contributed by atoms with Gasteiger partial charge in [0, 0.05) is 19.4 Å². The van der Waals surface area contributed by atoms with E-state index in [-0.39, 0.29) is 11.8 Å². The maximum atomic E-state index is 11.4. The van der Waals surface area contributed by atoms with E-state index in [4.69, 9.17) is 4.74 Å². The molecule has 0 N–H and O–H groups in total. The van der Waals surface area contributed by atoms with Crippen molar-refractivity contribution in [3.8, 4) is 5.75 Å². The van der Waals surface area contributed by atoms with Crippen molar-refractivity contribution < 1.29 is 14.3 Å². The fourth-order valence-electron chi connectivity index (χ4n) is 2.37. The van der Waals surface area contributed by atoms with Crippen LogP contribution in [0.15, 0.2) is 24.3 Å². The number of imide groups is 1. The van der Waals surface area contributed by atoms with Gasteiger partial charge in [-0.1, -0.05) is 18.2 Å². The van der Waals surface area contributed by atoms with Gasteiger partial charge in [-0.25, -0.2) is 0 Å². The zero-order chi connectivity index (χ0) is 13.7. The van der Waals surface area contributed by atoms with E-state index in [1.165, 1.54) is 10.5 Å². The molecule has 2 amide bonds. The summed E-state index contributed by atoms with van der Waals surface area (Å²) in [5.74, 6) is 0.848. The van der Waals surface area contributed by atoms with Crippen molar-refractivity contribution >= 4 is 11.8 Å². The first kappa shape index (κ1) is 13.6. The number of para-hydroxylation sites is 1. The summed E-state index contributed by atoms with van der Waals surface area (Å²) in [6.07, 6.45) is 3.45. The summed E-state index contributed by atoms with van der Waals surface area (Å²) in [4.78, 5) is 24.3. The number of unbranched alkanes of at least 4 members (excludes halogenated alkanes) is 1. The summed E-state index contributed by atoms with van der Waals surface area (Å²) in [6.45, 7) is 0.548. The number of methoxy groups -OCH3 is 1. The Morgan fingerprint density at radius 2 is 1.79 bits per heavy atom. The zero-order valence-electron chi connectivity index (χ0n) is 11.2. The molecule has 0 aromatic heterocycles. The second-order valence-corrected chi connectivity index (χ2v) is 4.71. The second kappa shape index (κ2) is 6.36. The highest BCUT2D eigenvalue weighted by molar-refractivity contribution is 6.01. The lowest BCUT2D eigenvalue weighted by molar-refractivity contribution is -0.138.